The molecule has 0 radical (unpaired) electrons. The van der Waals surface area contributed by atoms with Crippen molar-refractivity contribution in [3.8, 4) is 0 Å². The highest BCUT2D eigenvalue weighted by Crippen LogP contribution is 2.23. The molecule has 0 bridgehead atoms. The van der Waals surface area contributed by atoms with Gasteiger partial charge in [-0.25, -0.2) is 4.98 Å². The van der Waals surface area contributed by atoms with Crippen molar-refractivity contribution in [3.05, 3.63) is 12.2 Å². The van der Waals surface area contributed by atoms with E-state index in [0.29, 0.717) is 0 Å². The van der Waals surface area contributed by atoms with Crippen LogP contribution < -0.4 is 5.32 Å². The number of nitrogens with zero attached hydrogens (tertiary/aromatic N) is 3. The summed E-state index contributed by atoms with van der Waals surface area (Å²) in [7, 11) is 1.94. The van der Waals surface area contributed by atoms with Crippen molar-refractivity contribution in [2.75, 3.05) is 13.1 Å². The third kappa shape index (κ3) is 3.02. The van der Waals surface area contributed by atoms with Gasteiger partial charge >= 0.3 is 0 Å². The van der Waals surface area contributed by atoms with Crippen molar-refractivity contribution < 1.29 is 0 Å². The zero-order chi connectivity index (χ0) is 10.5. The van der Waals surface area contributed by atoms with E-state index in [1.165, 1.54) is 32.2 Å². The molecule has 84 valence electrons. The summed E-state index contributed by atoms with van der Waals surface area (Å²) in [5, 5.41) is 7.56. The van der Waals surface area contributed by atoms with Gasteiger partial charge in [-0.15, -0.1) is 0 Å². The molecule has 2 rings (SSSR count). The number of nitrogens with one attached hydrogen (secondary N) is 1. The monoisotopic (exact) mass is 208 g/mol. The highest BCUT2D eigenvalue weighted by Gasteiger charge is 2.13. The second-order valence-electron chi connectivity index (χ2n) is 4.40. The van der Waals surface area contributed by atoms with Gasteiger partial charge in [0.2, 0.25) is 0 Å². The lowest BCUT2D eigenvalue weighted by atomic mass is 10.1. The third-order valence-corrected chi connectivity index (χ3v) is 3.24. The highest BCUT2D eigenvalue weighted by molar-refractivity contribution is 4.84. The van der Waals surface area contributed by atoms with Crippen molar-refractivity contribution in [3.63, 3.8) is 0 Å². The van der Waals surface area contributed by atoms with Gasteiger partial charge in [0.1, 0.15) is 12.2 Å². The van der Waals surface area contributed by atoms with Crippen LogP contribution in [0.4, 0.5) is 0 Å². The Labute approximate surface area is 91.1 Å². The summed E-state index contributed by atoms with van der Waals surface area (Å²) in [6.07, 6.45) is 8.27. The van der Waals surface area contributed by atoms with Crippen LogP contribution in [0.15, 0.2) is 6.33 Å². The second-order valence-corrected chi connectivity index (χ2v) is 4.40. The summed E-state index contributed by atoms with van der Waals surface area (Å²) < 4.78 is 1.84. The molecule has 0 amide bonds. The molecule has 4 nitrogen and oxygen atoms in total. The standard InChI is InChI=1S/C11H20N4/c1-15-11(13-9-14-15)6-7-12-8-10-4-2-3-5-10/h9-10,12H,2-8H2,1H3. The fourth-order valence-electron chi connectivity index (χ4n) is 2.27. The van der Waals surface area contributed by atoms with Crippen LogP contribution in [0.1, 0.15) is 31.5 Å². The first-order valence-corrected chi connectivity index (χ1v) is 5.90. The maximum absolute atomic E-state index is 4.20. The van der Waals surface area contributed by atoms with Gasteiger partial charge in [-0.1, -0.05) is 12.8 Å². The van der Waals surface area contributed by atoms with Gasteiger partial charge < -0.3 is 5.32 Å². The minimum absolute atomic E-state index is 0.921. The summed E-state index contributed by atoms with van der Waals surface area (Å²) in [5.41, 5.74) is 0. The quantitative estimate of drug-likeness (QED) is 0.738. The van der Waals surface area contributed by atoms with E-state index in [1.54, 1.807) is 6.33 Å². The molecule has 0 unspecified atom stereocenters. The molecular formula is C11H20N4. The lowest BCUT2D eigenvalue weighted by Crippen LogP contribution is -2.24. The van der Waals surface area contributed by atoms with E-state index >= 15 is 0 Å². The van der Waals surface area contributed by atoms with Crippen LogP contribution in [-0.4, -0.2) is 27.9 Å². The van der Waals surface area contributed by atoms with Crippen molar-refractivity contribution in [1.82, 2.24) is 20.1 Å². The topological polar surface area (TPSA) is 42.7 Å². The summed E-state index contributed by atoms with van der Waals surface area (Å²) >= 11 is 0. The van der Waals surface area contributed by atoms with Crippen LogP contribution >= 0.6 is 0 Å². The van der Waals surface area contributed by atoms with Gasteiger partial charge in [0.05, 0.1) is 0 Å². The van der Waals surface area contributed by atoms with Crippen LogP contribution in [0, 0.1) is 5.92 Å². The molecule has 1 aliphatic rings. The first-order chi connectivity index (χ1) is 7.36. The Morgan fingerprint density at radius 3 is 2.93 bits per heavy atom. The SMILES string of the molecule is Cn1ncnc1CCNCC1CCCC1. The molecule has 1 N–H and O–H groups in total. The zero-order valence-electron chi connectivity index (χ0n) is 9.45. The minimum atomic E-state index is 0.921. The molecular weight excluding hydrogens is 188 g/mol. The predicted octanol–water partition coefficient (Wildman–Crippen LogP) is 1.14. The number of rotatable bonds is 5. The molecule has 0 aromatic carbocycles. The maximum atomic E-state index is 4.20. The van der Waals surface area contributed by atoms with Crippen molar-refractivity contribution in [2.45, 2.75) is 32.1 Å². The van der Waals surface area contributed by atoms with Crippen LogP contribution in [0.2, 0.25) is 0 Å². The van der Waals surface area contributed by atoms with Gasteiger partial charge in [0.15, 0.2) is 0 Å². The molecule has 1 fully saturated rings. The molecule has 1 heterocycles. The van der Waals surface area contributed by atoms with E-state index in [-0.39, 0.29) is 0 Å². The van der Waals surface area contributed by atoms with Gasteiger partial charge in [0.25, 0.3) is 0 Å². The second kappa shape index (κ2) is 5.26. The summed E-state index contributed by atoms with van der Waals surface area (Å²) in [5.74, 6) is 1.98. The molecule has 0 saturated heterocycles. The highest BCUT2D eigenvalue weighted by atomic mass is 15.3. The smallest absolute Gasteiger partial charge is 0.138 e. The molecule has 1 aliphatic carbocycles. The molecule has 0 spiro atoms. The van der Waals surface area contributed by atoms with Gasteiger partial charge in [-0.3, -0.25) is 4.68 Å². The predicted molar refractivity (Wildman–Crippen MR) is 59.5 cm³/mol. The Kier molecular flexibility index (Phi) is 3.72. The Morgan fingerprint density at radius 1 is 1.47 bits per heavy atom. The molecule has 1 aromatic heterocycles. The van der Waals surface area contributed by atoms with Gasteiger partial charge in [0, 0.05) is 20.0 Å². The fourth-order valence-corrected chi connectivity index (χ4v) is 2.27. The van der Waals surface area contributed by atoms with Gasteiger partial charge in [-0.05, 0) is 25.3 Å². The average molecular weight is 208 g/mol. The largest absolute Gasteiger partial charge is 0.316 e. The van der Waals surface area contributed by atoms with E-state index in [2.05, 4.69) is 15.4 Å². The van der Waals surface area contributed by atoms with Crippen LogP contribution in [-0.2, 0) is 13.5 Å². The third-order valence-electron chi connectivity index (χ3n) is 3.24. The van der Waals surface area contributed by atoms with Crippen molar-refractivity contribution >= 4 is 0 Å². The van der Waals surface area contributed by atoms with Crippen LogP contribution in [0.3, 0.4) is 0 Å². The molecule has 1 saturated carbocycles. The lowest BCUT2D eigenvalue weighted by Gasteiger charge is -2.09. The molecule has 15 heavy (non-hydrogen) atoms. The first kappa shape index (κ1) is 10.6. The van der Waals surface area contributed by atoms with Gasteiger partial charge in [-0.2, -0.15) is 5.10 Å². The molecule has 1 aromatic rings. The Balaban J connectivity index is 1.60. The van der Waals surface area contributed by atoms with E-state index < -0.39 is 0 Å². The maximum Gasteiger partial charge on any atom is 0.138 e. The minimum Gasteiger partial charge on any atom is -0.316 e. The zero-order valence-corrected chi connectivity index (χ0v) is 9.45. The number of hydrogen-bond donors (Lipinski definition) is 1. The van der Waals surface area contributed by atoms with Crippen LogP contribution in [0.5, 0.6) is 0 Å². The fraction of sp³-hybridized carbons (Fsp3) is 0.818. The van der Waals surface area contributed by atoms with E-state index in [4.69, 9.17) is 0 Å². The van der Waals surface area contributed by atoms with E-state index in [9.17, 15) is 0 Å². The Morgan fingerprint density at radius 2 is 2.27 bits per heavy atom. The van der Waals surface area contributed by atoms with E-state index in [0.717, 1.165) is 24.7 Å². The molecule has 4 heteroatoms. The average Bonchev–Trinajstić information content (AvgIpc) is 2.85. The van der Waals surface area contributed by atoms with E-state index in [1.807, 2.05) is 11.7 Å². The van der Waals surface area contributed by atoms with Crippen LogP contribution in [0.25, 0.3) is 0 Å². The molecule has 0 aliphatic heterocycles. The normalized spacial score (nSPS) is 17.4. The summed E-state index contributed by atoms with van der Waals surface area (Å²) in [6, 6.07) is 0. The van der Waals surface area contributed by atoms with Crippen molar-refractivity contribution in [2.24, 2.45) is 13.0 Å². The summed E-state index contributed by atoms with van der Waals surface area (Å²) in [4.78, 5) is 4.20. The Bertz CT molecular complexity index is 289. The van der Waals surface area contributed by atoms with Crippen molar-refractivity contribution in [1.29, 1.82) is 0 Å². The first-order valence-electron chi connectivity index (χ1n) is 5.90. The number of hydrogen-bond acceptors (Lipinski definition) is 3. The lowest BCUT2D eigenvalue weighted by molar-refractivity contribution is 0.487. The number of aryl methyl sites for hydroxylation is 1. The number of aromatic nitrogens is 3. The Hall–Kier alpha value is -0.900. The summed E-state index contributed by atoms with van der Waals surface area (Å²) in [6.45, 7) is 2.20. The molecule has 0 atom stereocenters.